The number of nitrogens with one attached hydrogen (secondary N) is 1. The van der Waals surface area contributed by atoms with Crippen LogP contribution in [-0.2, 0) is 14.8 Å². The summed E-state index contributed by atoms with van der Waals surface area (Å²) in [6.45, 7) is 7.50. The van der Waals surface area contributed by atoms with Gasteiger partial charge in [0.2, 0.25) is 15.9 Å². The highest BCUT2D eigenvalue weighted by Gasteiger charge is 2.38. The van der Waals surface area contributed by atoms with Crippen LogP contribution in [0.5, 0.6) is 0 Å². The first kappa shape index (κ1) is 26.1. The zero-order valence-electron chi connectivity index (χ0n) is 22.7. The van der Waals surface area contributed by atoms with Crippen LogP contribution in [0.3, 0.4) is 0 Å². The van der Waals surface area contributed by atoms with E-state index in [9.17, 15) is 18.0 Å². The molecule has 0 radical (unpaired) electrons. The lowest BCUT2D eigenvalue weighted by molar-refractivity contribution is -0.120. The molecule has 10 heteroatoms. The van der Waals surface area contributed by atoms with Gasteiger partial charge in [-0.1, -0.05) is 25.5 Å². The maximum absolute atomic E-state index is 13.8. The number of hydrogen-bond acceptors (Lipinski definition) is 6. The van der Waals surface area contributed by atoms with Gasteiger partial charge in [0.15, 0.2) is 0 Å². The summed E-state index contributed by atoms with van der Waals surface area (Å²) in [4.78, 5) is 35.3. The van der Waals surface area contributed by atoms with Crippen molar-refractivity contribution in [2.45, 2.75) is 51.4 Å². The van der Waals surface area contributed by atoms with Crippen LogP contribution in [0.2, 0.25) is 0 Å². The third kappa shape index (κ3) is 4.88. The van der Waals surface area contributed by atoms with Crippen LogP contribution in [0, 0.1) is 12.8 Å². The second kappa shape index (κ2) is 10.1. The van der Waals surface area contributed by atoms with Crippen LogP contribution >= 0.6 is 0 Å². The highest BCUT2D eigenvalue weighted by Crippen LogP contribution is 2.41. The van der Waals surface area contributed by atoms with E-state index in [4.69, 9.17) is 4.98 Å². The Morgan fingerprint density at radius 3 is 2.49 bits per heavy atom. The van der Waals surface area contributed by atoms with Crippen molar-refractivity contribution in [3.8, 4) is 0 Å². The van der Waals surface area contributed by atoms with E-state index in [1.807, 2.05) is 17.2 Å². The average molecular weight is 552 g/mol. The highest BCUT2D eigenvalue weighted by molar-refractivity contribution is 7.93. The minimum Gasteiger partial charge on any atom is -0.355 e. The standard InChI is InChI=1S/C29H37N5O4S/c1-3-20-17-31-28(35)26(20)22-7-8-24(25(16-22)34-9-4-14-39(34,37)38)29(36)33-12-10-32(11-13-33)27-19(2)15-23(18-30-27)21-5-6-21/h7-8,15-16,18,20-21,26H,3-6,9-14,17H2,1-2H3,(H,31,35)/t20?,26-/m1/s1. The maximum atomic E-state index is 13.8. The number of benzene rings is 1. The van der Waals surface area contributed by atoms with E-state index in [0.29, 0.717) is 62.9 Å². The van der Waals surface area contributed by atoms with Gasteiger partial charge in [0.25, 0.3) is 5.91 Å². The van der Waals surface area contributed by atoms with Crippen LogP contribution in [0.1, 0.15) is 71.5 Å². The predicted octanol–water partition coefficient (Wildman–Crippen LogP) is 3.01. The first-order chi connectivity index (χ1) is 18.8. The van der Waals surface area contributed by atoms with Gasteiger partial charge < -0.3 is 15.1 Å². The number of piperazine rings is 1. The molecule has 1 aromatic heterocycles. The second-order valence-corrected chi connectivity index (χ2v) is 13.4. The fourth-order valence-electron chi connectivity index (χ4n) is 6.37. The SMILES string of the molecule is CCC1CNC(=O)[C@H]1c1ccc(C(=O)N2CCN(c3ncc(C4CC4)cc3C)CC2)c(N2CCCS2(=O)=O)c1. The molecule has 1 aromatic carbocycles. The summed E-state index contributed by atoms with van der Waals surface area (Å²) in [6.07, 6.45) is 5.84. The van der Waals surface area contributed by atoms with Crippen molar-refractivity contribution in [1.29, 1.82) is 0 Å². The van der Waals surface area contributed by atoms with Gasteiger partial charge in [-0.05, 0) is 66.8 Å². The lowest BCUT2D eigenvalue weighted by Gasteiger charge is -2.36. The molecule has 6 rings (SSSR count). The van der Waals surface area contributed by atoms with Gasteiger partial charge in [0, 0.05) is 45.5 Å². The number of sulfonamides is 1. The number of hydrogen-bond donors (Lipinski definition) is 1. The smallest absolute Gasteiger partial charge is 0.256 e. The number of rotatable bonds is 6. The molecule has 0 bridgehead atoms. The first-order valence-electron chi connectivity index (χ1n) is 14.2. The molecular formula is C29H37N5O4S. The second-order valence-electron chi connectivity index (χ2n) is 11.4. The van der Waals surface area contributed by atoms with Gasteiger partial charge >= 0.3 is 0 Å². The minimum absolute atomic E-state index is 0.0404. The quantitative estimate of drug-likeness (QED) is 0.592. The largest absolute Gasteiger partial charge is 0.355 e. The molecule has 208 valence electrons. The summed E-state index contributed by atoms with van der Waals surface area (Å²) < 4.78 is 27.3. The molecule has 4 heterocycles. The van der Waals surface area contributed by atoms with E-state index in [2.05, 4.69) is 30.1 Å². The summed E-state index contributed by atoms with van der Waals surface area (Å²) in [7, 11) is -3.51. The van der Waals surface area contributed by atoms with Crippen molar-refractivity contribution < 1.29 is 18.0 Å². The first-order valence-corrected chi connectivity index (χ1v) is 15.8. The summed E-state index contributed by atoms with van der Waals surface area (Å²) in [5.74, 6) is 1.29. The Bertz CT molecular complexity index is 1400. The molecule has 1 saturated carbocycles. The Balaban J connectivity index is 1.24. The average Bonchev–Trinajstić information content (AvgIpc) is 3.63. The number of nitrogens with zero attached hydrogens (tertiary/aromatic N) is 4. The van der Waals surface area contributed by atoms with Gasteiger partial charge in [-0.25, -0.2) is 13.4 Å². The van der Waals surface area contributed by atoms with Crippen LogP contribution in [-0.4, -0.2) is 75.1 Å². The summed E-state index contributed by atoms with van der Waals surface area (Å²) >= 11 is 0. The number of aromatic nitrogens is 1. The Labute approximate surface area is 230 Å². The molecule has 2 aromatic rings. The van der Waals surface area contributed by atoms with Crippen LogP contribution in [0.4, 0.5) is 11.5 Å². The molecule has 1 N–H and O–H groups in total. The fourth-order valence-corrected chi connectivity index (χ4v) is 7.94. The van der Waals surface area contributed by atoms with Gasteiger partial charge in [-0.3, -0.25) is 13.9 Å². The number of carbonyl (C=O) groups excluding carboxylic acids is 2. The van der Waals surface area contributed by atoms with Crippen LogP contribution in [0.15, 0.2) is 30.5 Å². The van der Waals surface area contributed by atoms with E-state index in [0.717, 1.165) is 23.4 Å². The predicted molar refractivity (Wildman–Crippen MR) is 151 cm³/mol. The fraction of sp³-hybridized carbons (Fsp3) is 0.552. The zero-order valence-corrected chi connectivity index (χ0v) is 23.5. The zero-order chi connectivity index (χ0) is 27.3. The van der Waals surface area contributed by atoms with Crippen molar-refractivity contribution in [1.82, 2.24) is 15.2 Å². The Morgan fingerprint density at radius 1 is 1.08 bits per heavy atom. The van der Waals surface area contributed by atoms with E-state index >= 15 is 0 Å². The number of anilines is 2. The van der Waals surface area contributed by atoms with Gasteiger partial charge in [-0.15, -0.1) is 0 Å². The minimum atomic E-state index is -3.51. The van der Waals surface area contributed by atoms with Crippen molar-refractivity contribution in [3.05, 3.63) is 52.7 Å². The third-order valence-electron chi connectivity index (χ3n) is 8.78. The van der Waals surface area contributed by atoms with Crippen molar-refractivity contribution in [2.75, 3.05) is 54.2 Å². The summed E-state index contributed by atoms with van der Waals surface area (Å²) in [5, 5.41) is 2.94. The number of pyridine rings is 1. The monoisotopic (exact) mass is 551 g/mol. The normalized spacial score (nSPS) is 24.8. The lowest BCUT2D eigenvalue weighted by atomic mass is 9.86. The molecule has 0 spiro atoms. The molecule has 2 amide bonds. The molecule has 39 heavy (non-hydrogen) atoms. The Kier molecular flexibility index (Phi) is 6.77. The molecule has 3 saturated heterocycles. The third-order valence-corrected chi connectivity index (χ3v) is 10.6. The van der Waals surface area contributed by atoms with Crippen molar-refractivity contribution in [2.24, 2.45) is 5.92 Å². The molecule has 4 fully saturated rings. The van der Waals surface area contributed by atoms with Gasteiger partial charge in [0.05, 0.1) is 22.9 Å². The summed E-state index contributed by atoms with van der Waals surface area (Å²) in [5.41, 5.74) is 4.04. The lowest BCUT2D eigenvalue weighted by Crippen LogP contribution is -2.49. The highest BCUT2D eigenvalue weighted by atomic mass is 32.2. The Hall–Kier alpha value is -3.14. The molecule has 4 aliphatic rings. The molecule has 3 aliphatic heterocycles. The van der Waals surface area contributed by atoms with E-state index in [1.54, 1.807) is 12.1 Å². The number of amides is 2. The molecule has 9 nitrogen and oxygen atoms in total. The molecule has 2 atom stereocenters. The van der Waals surface area contributed by atoms with E-state index < -0.39 is 10.0 Å². The van der Waals surface area contributed by atoms with E-state index in [1.165, 1.54) is 22.7 Å². The number of aryl methyl sites for hydroxylation is 1. The van der Waals surface area contributed by atoms with Crippen LogP contribution in [0.25, 0.3) is 0 Å². The number of carbonyl (C=O) groups is 2. The molecular weight excluding hydrogens is 514 g/mol. The van der Waals surface area contributed by atoms with E-state index in [-0.39, 0.29) is 29.4 Å². The van der Waals surface area contributed by atoms with Crippen molar-refractivity contribution in [3.63, 3.8) is 0 Å². The molecule has 1 aliphatic carbocycles. The maximum Gasteiger partial charge on any atom is 0.256 e. The van der Waals surface area contributed by atoms with Crippen molar-refractivity contribution >= 4 is 33.3 Å². The molecule has 1 unspecified atom stereocenters. The van der Waals surface area contributed by atoms with Gasteiger partial charge in [0.1, 0.15) is 5.82 Å². The Morgan fingerprint density at radius 2 is 1.85 bits per heavy atom. The summed E-state index contributed by atoms with van der Waals surface area (Å²) in [6, 6.07) is 7.59. The van der Waals surface area contributed by atoms with Gasteiger partial charge in [-0.2, -0.15) is 0 Å². The van der Waals surface area contributed by atoms with Crippen LogP contribution < -0.4 is 14.5 Å². The topological polar surface area (TPSA) is 103 Å².